The maximum atomic E-state index is 4.40. The molecule has 2 saturated heterocycles. The molecule has 4 nitrogen and oxygen atoms in total. The molecule has 86 valence electrons. The van der Waals surface area contributed by atoms with Gasteiger partial charge in [-0.05, 0) is 34.7 Å². The van der Waals surface area contributed by atoms with E-state index in [9.17, 15) is 0 Å². The molecular weight excluding hydrogens is 268 g/mol. The van der Waals surface area contributed by atoms with Gasteiger partial charge in [-0.1, -0.05) is 0 Å². The van der Waals surface area contributed by atoms with E-state index in [1.807, 2.05) is 6.20 Å². The highest BCUT2D eigenvalue weighted by molar-refractivity contribution is 9.10. The lowest BCUT2D eigenvalue weighted by Crippen LogP contribution is -2.45. The van der Waals surface area contributed by atoms with Crippen molar-refractivity contribution in [3.05, 3.63) is 17.0 Å². The zero-order chi connectivity index (χ0) is 11.0. The van der Waals surface area contributed by atoms with Crippen molar-refractivity contribution >= 4 is 21.7 Å². The van der Waals surface area contributed by atoms with E-state index in [2.05, 4.69) is 36.1 Å². The van der Waals surface area contributed by atoms with Gasteiger partial charge in [-0.15, -0.1) is 0 Å². The molecule has 1 aromatic heterocycles. The van der Waals surface area contributed by atoms with E-state index in [1.165, 1.54) is 12.8 Å². The van der Waals surface area contributed by atoms with Gasteiger partial charge in [0.1, 0.15) is 12.1 Å². The fraction of sp³-hybridized carbons (Fsp3) is 0.636. The van der Waals surface area contributed by atoms with Crippen LogP contribution in [0.1, 0.15) is 12.8 Å². The fourth-order valence-electron chi connectivity index (χ4n) is 2.85. The summed E-state index contributed by atoms with van der Waals surface area (Å²) < 4.78 is 1.00. The van der Waals surface area contributed by atoms with Crippen molar-refractivity contribution in [1.29, 1.82) is 0 Å². The molecule has 16 heavy (non-hydrogen) atoms. The molecule has 2 fully saturated rings. The van der Waals surface area contributed by atoms with Gasteiger partial charge < -0.3 is 10.2 Å². The van der Waals surface area contributed by atoms with Crippen LogP contribution in [0.3, 0.4) is 0 Å². The minimum absolute atomic E-state index is 0.611. The Labute approximate surface area is 104 Å². The second-order valence-electron chi connectivity index (χ2n) is 4.52. The Kier molecular flexibility index (Phi) is 2.81. The Hall–Kier alpha value is -0.680. The Balaban J connectivity index is 1.91. The first-order valence-electron chi connectivity index (χ1n) is 5.79. The minimum atomic E-state index is 0.611. The van der Waals surface area contributed by atoms with E-state index in [4.69, 9.17) is 0 Å². The van der Waals surface area contributed by atoms with Crippen LogP contribution in [0.25, 0.3) is 0 Å². The second-order valence-corrected chi connectivity index (χ2v) is 5.37. The average Bonchev–Trinajstić information content (AvgIpc) is 2.77. The number of hydrogen-bond donors (Lipinski definition) is 1. The molecule has 2 aliphatic heterocycles. The number of nitrogens with one attached hydrogen (secondary N) is 1. The highest BCUT2D eigenvalue weighted by Gasteiger charge is 2.36. The monoisotopic (exact) mass is 282 g/mol. The fourth-order valence-corrected chi connectivity index (χ4v) is 3.30. The number of rotatable bonds is 1. The van der Waals surface area contributed by atoms with E-state index >= 15 is 0 Å². The summed E-state index contributed by atoms with van der Waals surface area (Å²) in [7, 11) is 0. The van der Waals surface area contributed by atoms with Crippen LogP contribution in [-0.2, 0) is 0 Å². The van der Waals surface area contributed by atoms with Crippen LogP contribution in [0.5, 0.6) is 0 Å². The molecule has 2 unspecified atom stereocenters. The molecule has 0 aromatic carbocycles. The van der Waals surface area contributed by atoms with Gasteiger partial charge in [-0.25, -0.2) is 9.97 Å². The third kappa shape index (κ3) is 1.72. The summed E-state index contributed by atoms with van der Waals surface area (Å²) >= 11 is 3.54. The summed E-state index contributed by atoms with van der Waals surface area (Å²) in [5.74, 6) is 1.84. The predicted octanol–water partition coefficient (Wildman–Crippen LogP) is 1.43. The van der Waals surface area contributed by atoms with Crippen LogP contribution in [-0.4, -0.2) is 35.6 Å². The Bertz CT molecular complexity index is 384. The van der Waals surface area contributed by atoms with Crippen LogP contribution in [0.15, 0.2) is 17.0 Å². The zero-order valence-corrected chi connectivity index (χ0v) is 10.7. The number of fused-ring (bicyclic) bond motifs is 1. The first-order chi connectivity index (χ1) is 7.86. The van der Waals surface area contributed by atoms with Crippen LogP contribution >= 0.6 is 15.9 Å². The highest BCUT2D eigenvalue weighted by Crippen LogP contribution is 2.32. The lowest BCUT2D eigenvalue weighted by atomic mass is 9.92. The number of aromatic nitrogens is 2. The molecule has 1 aromatic rings. The number of halogens is 1. The Morgan fingerprint density at radius 2 is 2.38 bits per heavy atom. The summed E-state index contributed by atoms with van der Waals surface area (Å²) in [4.78, 5) is 10.9. The molecule has 0 saturated carbocycles. The highest BCUT2D eigenvalue weighted by atomic mass is 79.9. The summed E-state index contributed by atoms with van der Waals surface area (Å²) in [5, 5.41) is 3.48. The van der Waals surface area contributed by atoms with E-state index in [0.717, 1.165) is 35.8 Å². The number of anilines is 1. The van der Waals surface area contributed by atoms with E-state index in [1.54, 1.807) is 6.33 Å². The second kappa shape index (κ2) is 4.30. The van der Waals surface area contributed by atoms with E-state index in [0.29, 0.717) is 6.04 Å². The van der Waals surface area contributed by atoms with Gasteiger partial charge in [0, 0.05) is 31.9 Å². The lowest BCUT2D eigenvalue weighted by Gasteiger charge is -2.38. The van der Waals surface area contributed by atoms with E-state index < -0.39 is 0 Å². The molecule has 0 aliphatic carbocycles. The average molecular weight is 283 g/mol. The van der Waals surface area contributed by atoms with Crippen LogP contribution in [0.4, 0.5) is 5.82 Å². The van der Waals surface area contributed by atoms with Gasteiger partial charge in [-0.2, -0.15) is 0 Å². The number of hydrogen-bond acceptors (Lipinski definition) is 4. The summed E-state index contributed by atoms with van der Waals surface area (Å²) in [5.41, 5.74) is 0. The van der Waals surface area contributed by atoms with Gasteiger partial charge in [-0.3, -0.25) is 0 Å². The smallest absolute Gasteiger partial charge is 0.146 e. The van der Waals surface area contributed by atoms with Gasteiger partial charge in [0.25, 0.3) is 0 Å². The topological polar surface area (TPSA) is 41.1 Å². The molecule has 0 bridgehead atoms. The van der Waals surface area contributed by atoms with Gasteiger partial charge >= 0.3 is 0 Å². The maximum absolute atomic E-state index is 4.40. The lowest BCUT2D eigenvalue weighted by molar-refractivity contribution is 0.382. The normalized spacial score (nSPS) is 29.2. The Morgan fingerprint density at radius 1 is 1.44 bits per heavy atom. The largest absolute Gasteiger partial charge is 0.351 e. The molecule has 3 rings (SSSR count). The van der Waals surface area contributed by atoms with Crippen molar-refractivity contribution in [2.45, 2.75) is 18.9 Å². The van der Waals surface area contributed by atoms with E-state index in [-0.39, 0.29) is 0 Å². The van der Waals surface area contributed by atoms with Crippen LogP contribution in [0.2, 0.25) is 0 Å². The quantitative estimate of drug-likeness (QED) is 0.846. The van der Waals surface area contributed by atoms with Crippen molar-refractivity contribution in [2.75, 3.05) is 24.5 Å². The minimum Gasteiger partial charge on any atom is -0.351 e. The molecule has 1 N–H and O–H groups in total. The molecule has 0 radical (unpaired) electrons. The Morgan fingerprint density at radius 3 is 3.25 bits per heavy atom. The van der Waals surface area contributed by atoms with Gasteiger partial charge in [0.15, 0.2) is 0 Å². The molecule has 2 atom stereocenters. The van der Waals surface area contributed by atoms with Crippen LogP contribution in [0, 0.1) is 5.92 Å². The standard InChI is InChI=1S/C11H15BrN4/c12-9-5-14-7-15-11(9)16-3-1-2-8-4-13-6-10(8)16/h5,7-8,10,13H,1-4,6H2. The summed E-state index contributed by atoms with van der Waals surface area (Å²) in [6.07, 6.45) is 6.07. The third-order valence-electron chi connectivity index (χ3n) is 3.60. The molecule has 2 aliphatic rings. The summed E-state index contributed by atoms with van der Waals surface area (Å²) in [6, 6.07) is 0.611. The SMILES string of the molecule is Brc1cncnc1N1CCCC2CNCC21. The molecule has 0 amide bonds. The third-order valence-corrected chi connectivity index (χ3v) is 4.16. The van der Waals surface area contributed by atoms with Crippen molar-refractivity contribution < 1.29 is 0 Å². The molecular formula is C11H15BrN4. The number of nitrogens with zero attached hydrogens (tertiary/aromatic N) is 3. The maximum Gasteiger partial charge on any atom is 0.146 e. The molecule has 3 heterocycles. The van der Waals surface area contributed by atoms with Gasteiger partial charge in [0.2, 0.25) is 0 Å². The zero-order valence-electron chi connectivity index (χ0n) is 9.06. The number of piperidine rings is 1. The first kappa shape index (κ1) is 10.5. The summed E-state index contributed by atoms with van der Waals surface area (Å²) in [6.45, 7) is 3.35. The van der Waals surface area contributed by atoms with Crippen molar-refractivity contribution in [3.63, 3.8) is 0 Å². The molecule has 0 spiro atoms. The van der Waals surface area contributed by atoms with Crippen molar-refractivity contribution in [1.82, 2.24) is 15.3 Å². The van der Waals surface area contributed by atoms with Crippen molar-refractivity contribution in [3.8, 4) is 0 Å². The molecule has 5 heteroatoms. The van der Waals surface area contributed by atoms with Gasteiger partial charge in [0.05, 0.1) is 4.47 Å². The van der Waals surface area contributed by atoms with Crippen LogP contribution < -0.4 is 10.2 Å². The first-order valence-corrected chi connectivity index (χ1v) is 6.58. The predicted molar refractivity (Wildman–Crippen MR) is 66.5 cm³/mol. The van der Waals surface area contributed by atoms with Crippen molar-refractivity contribution in [2.24, 2.45) is 5.92 Å².